The second-order valence-electron chi connectivity index (χ2n) is 10.5. The van der Waals surface area contributed by atoms with Gasteiger partial charge in [0.25, 0.3) is 0 Å². The van der Waals surface area contributed by atoms with Crippen LogP contribution in [0.4, 0.5) is 16.6 Å². The molecule has 1 aliphatic heterocycles. The minimum absolute atomic E-state index is 0.0848. The number of anilines is 2. The van der Waals surface area contributed by atoms with Gasteiger partial charge in [-0.05, 0) is 39.0 Å². The van der Waals surface area contributed by atoms with E-state index in [4.69, 9.17) is 9.15 Å². The van der Waals surface area contributed by atoms with Gasteiger partial charge in [0.2, 0.25) is 11.9 Å². The Morgan fingerprint density at radius 1 is 1.06 bits per heavy atom. The minimum Gasteiger partial charge on any atom is -0.508 e. The number of phenolic OH excluding ortho intramolecular Hbond substituents is 1. The van der Waals surface area contributed by atoms with Gasteiger partial charge in [-0.2, -0.15) is 4.98 Å². The summed E-state index contributed by atoms with van der Waals surface area (Å²) in [5.41, 5.74) is 0.311. The fourth-order valence-electron chi connectivity index (χ4n) is 3.60. The Labute approximate surface area is 197 Å². The van der Waals surface area contributed by atoms with E-state index in [9.17, 15) is 14.7 Å². The summed E-state index contributed by atoms with van der Waals surface area (Å²) in [4.78, 5) is 37.9. The van der Waals surface area contributed by atoms with Crippen molar-refractivity contribution in [1.29, 1.82) is 0 Å². The van der Waals surface area contributed by atoms with Crippen LogP contribution in [0.2, 0.25) is 0 Å². The summed E-state index contributed by atoms with van der Waals surface area (Å²) in [5, 5.41) is 13.4. The number of aromatic nitrogens is 2. The fraction of sp³-hybridized carbons (Fsp3) is 0.500. The van der Waals surface area contributed by atoms with Crippen LogP contribution in [0, 0.1) is 5.41 Å². The minimum atomic E-state index is -0.631. The Morgan fingerprint density at radius 2 is 1.74 bits per heavy atom. The average molecular weight is 470 g/mol. The zero-order chi connectivity index (χ0) is 24.8. The van der Waals surface area contributed by atoms with E-state index in [1.54, 1.807) is 23.1 Å². The monoisotopic (exact) mass is 469 g/mol. The van der Waals surface area contributed by atoms with Crippen molar-refractivity contribution in [3.8, 4) is 5.75 Å². The summed E-state index contributed by atoms with van der Waals surface area (Å²) in [7, 11) is 0. The lowest BCUT2D eigenvalue weighted by Crippen LogP contribution is -2.50. The predicted octanol–water partition coefficient (Wildman–Crippen LogP) is 4.12. The highest BCUT2D eigenvalue weighted by atomic mass is 16.6. The van der Waals surface area contributed by atoms with Gasteiger partial charge >= 0.3 is 6.09 Å². The molecule has 2 aromatic heterocycles. The first-order chi connectivity index (χ1) is 15.8. The largest absolute Gasteiger partial charge is 0.508 e. The lowest BCUT2D eigenvalue weighted by molar-refractivity contribution is -0.123. The molecule has 0 atom stereocenters. The van der Waals surface area contributed by atoms with E-state index in [0.29, 0.717) is 54.1 Å². The van der Waals surface area contributed by atoms with E-state index in [2.05, 4.69) is 15.3 Å². The first-order valence-corrected chi connectivity index (χ1v) is 11.3. The number of nitrogens with zero attached hydrogens (tertiary/aromatic N) is 4. The molecule has 10 heteroatoms. The molecule has 3 aromatic rings. The van der Waals surface area contributed by atoms with Gasteiger partial charge in [0.1, 0.15) is 22.5 Å². The van der Waals surface area contributed by atoms with E-state index < -0.39 is 11.0 Å². The van der Waals surface area contributed by atoms with Gasteiger partial charge in [-0.1, -0.05) is 20.8 Å². The van der Waals surface area contributed by atoms with Crippen molar-refractivity contribution in [3.05, 3.63) is 18.2 Å². The quantitative estimate of drug-likeness (QED) is 0.575. The lowest BCUT2D eigenvalue weighted by Gasteiger charge is -2.36. The SMILES string of the molecule is CC(C)(C)OC(=O)N1CCN(c2nc(NC(=O)C(C)(C)C)nc3c2oc2ccc(O)cc23)CC1. The highest BCUT2D eigenvalue weighted by Gasteiger charge is 2.29. The van der Waals surface area contributed by atoms with Gasteiger partial charge in [0.15, 0.2) is 11.4 Å². The Balaban J connectivity index is 1.69. The molecule has 3 heterocycles. The van der Waals surface area contributed by atoms with Crippen molar-refractivity contribution in [2.45, 2.75) is 47.1 Å². The summed E-state index contributed by atoms with van der Waals surface area (Å²) in [6, 6.07) is 4.79. The second-order valence-corrected chi connectivity index (χ2v) is 10.5. The third kappa shape index (κ3) is 4.85. The number of benzene rings is 1. The molecule has 1 aromatic carbocycles. The van der Waals surface area contributed by atoms with Gasteiger partial charge < -0.3 is 24.1 Å². The highest BCUT2D eigenvalue weighted by molar-refractivity contribution is 6.07. The molecule has 0 unspecified atom stereocenters. The number of furan rings is 1. The molecular formula is C24H31N5O5. The molecule has 1 saturated heterocycles. The molecule has 0 radical (unpaired) electrons. The number of aromatic hydroxyl groups is 1. The van der Waals surface area contributed by atoms with Gasteiger partial charge in [-0.15, -0.1) is 0 Å². The Hall–Kier alpha value is -3.56. The highest BCUT2D eigenvalue weighted by Crippen LogP contribution is 2.36. The van der Waals surface area contributed by atoms with E-state index in [0.717, 1.165) is 0 Å². The van der Waals surface area contributed by atoms with Gasteiger partial charge in [0, 0.05) is 31.6 Å². The summed E-state index contributed by atoms with van der Waals surface area (Å²) in [6.45, 7) is 12.8. The molecule has 0 aliphatic carbocycles. The normalized spacial score (nSPS) is 15.1. The van der Waals surface area contributed by atoms with Crippen molar-refractivity contribution in [2.24, 2.45) is 5.41 Å². The second kappa shape index (κ2) is 8.34. The van der Waals surface area contributed by atoms with Crippen molar-refractivity contribution in [2.75, 3.05) is 36.4 Å². The first-order valence-electron chi connectivity index (χ1n) is 11.3. The summed E-state index contributed by atoms with van der Waals surface area (Å²) >= 11 is 0. The number of rotatable bonds is 2. The molecule has 34 heavy (non-hydrogen) atoms. The third-order valence-corrected chi connectivity index (χ3v) is 5.42. The molecule has 0 saturated carbocycles. The maximum atomic E-state index is 12.6. The molecular weight excluding hydrogens is 438 g/mol. The fourth-order valence-corrected chi connectivity index (χ4v) is 3.60. The van der Waals surface area contributed by atoms with Crippen LogP contribution in [0.5, 0.6) is 5.75 Å². The van der Waals surface area contributed by atoms with Crippen LogP contribution < -0.4 is 10.2 Å². The first kappa shape index (κ1) is 23.6. The van der Waals surface area contributed by atoms with Crippen LogP contribution in [0.3, 0.4) is 0 Å². The van der Waals surface area contributed by atoms with Crippen LogP contribution >= 0.6 is 0 Å². The number of amides is 2. The number of ether oxygens (including phenoxy) is 1. The van der Waals surface area contributed by atoms with E-state index in [-0.39, 0.29) is 23.7 Å². The Bertz CT molecular complexity index is 1250. The van der Waals surface area contributed by atoms with Gasteiger partial charge in [0.05, 0.1) is 5.39 Å². The van der Waals surface area contributed by atoms with Crippen LogP contribution in [0.25, 0.3) is 22.1 Å². The maximum Gasteiger partial charge on any atom is 0.410 e. The van der Waals surface area contributed by atoms with Gasteiger partial charge in [-0.3, -0.25) is 10.1 Å². The van der Waals surface area contributed by atoms with Crippen molar-refractivity contribution >= 4 is 45.8 Å². The smallest absolute Gasteiger partial charge is 0.410 e. The molecule has 2 amide bonds. The molecule has 4 rings (SSSR count). The number of carbonyl (C=O) groups is 2. The van der Waals surface area contributed by atoms with Gasteiger partial charge in [-0.25, -0.2) is 9.78 Å². The Morgan fingerprint density at radius 3 is 2.35 bits per heavy atom. The number of piperazine rings is 1. The molecule has 1 aliphatic rings. The summed E-state index contributed by atoms with van der Waals surface area (Å²) < 4.78 is 11.6. The predicted molar refractivity (Wildman–Crippen MR) is 129 cm³/mol. The number of fused-ring (bicyclic) bond motifs is 3. The molecule has 2 N–H and O–H groups in total. The number of phenols is 1. The molecule has 0 spiro atoms. The van der Waals surface area contributed by atoms with Crippen molar-refractivity contribution < 1.29 is 23.8 Å². The summed E-state index contributed by atoms with van der Waals surface area (Å²) in [6.07, 6.45) is -0.350. The molecule has 10 nitrogen and oxygen atoms in total. The zero-order valence-corrected chi connectivity index (χ0v) is 20.4. The van der Waals surface area contributed by atoms with Crippen molar-refractivity contribution in [3.63, 3.8) is 0 Å². The number of hydrogen-bond donors (Lipinski definition) is 2. The van der Waals surface area contributed by atoms with E-state index in [1.807, 2.05) is 46.4 Å². The van der Waals surface area contributed by atoms with E-state index >= 15 is 0 Å². The third-order valence-electron chi connectivity index (χ3n) is 5.42. The Kier molecular flexibility index (Phi) is 5.79. The molecule has 182 valence electrons. The van der Waals surface area contributed by atoms with Crippen LogP contribution in [0.1, 0.15) is 41.5 Å². The lowest BCUT2D eigenvalue weighted by atomic mass is 9.96. The maximum absolute atomic E-state index is 12.6. The standard InChI is InChI=1S/C24H31N5O5/c1-23(2,3)20(31)27-21-25-17-15-13-14(30)7-8-16(15)33-18(17)19(26-21)28-9-11-29(12-10-28)22(32)34-24(4,5)6/h7-8,13,30H,9-12H2,1-6H3,(H,25,26,27,31). The average Bonchev–Trinajstić information content (AvgIpc) is 3.09. The molecule has 1 fully saturated rings. The van der Waals surface area contributed by atoms with Crippen LogP contribution in [-0.2, 0) is 9.53 Å². The summed E-state index contributed by atoms with van der Waals surface area (Å²) in [5.74, 6) is 0.543. The molecule has 0 bridgehead atoms. The van der Waals surface area contributed by atoms with Crippen LogP contribution in [0.15, 0.2) is 22.6 Å². The topological polar surface area (TPSA) is 121 Å². The van der Waals surface area contributed by atoms with Crippen LogP contribution in [-0.4, -0.2) is 63.8 Å². The zero-order valence-electron chi connectivity index (χ0n) is 20.4. The van der Waals surface area contributed by atoms with E-state index in [1.165, 1.54) is 0 Å². The number of carbonyl (C=O) groups excluding carboxylic acids is 2. The number of nitrogens with one attached hydrogen (secondary N) is 1. The van der Waals surface area contributed by atoms with Crippen molar-refractivity contribution in [1.82, 2.24) is 14.9 Å². The number of hydrogen-bond acceptors (Lipinski definition) is 8.